The highest BCUT2D eigenvalue weighted by atomic mass is 16.6. The summed E-state index contributed by atoms with van der Waals surface area (Å²) in [5, 5.41) is 13.8. The molecular formula is C15H17N3O3. The van der Waals surface area contributed by atoms with E-state index in [1.807, 2.05) is 13.0 Å². The lowest BCUT2D eigenvalue weighted by molar-refractivity contribution is -0.384. The van der Waals surface area contributed by atoms with Gasteiger partial charge in [-0.2, -0.15) is 0 Å². The largest absolute Gasteiger partial charge is 0.315 e. The van der Waals surface area contributed by atoms with Gasteiger partial charge in [-0.3, -0.25) is 14.9 Å². The Hall–Kier alpha value is -2.47. The zero-order valence-corrected chi connectivity index (χ0v) is 12.0. The lowest BCUT2D eigenvalue weighted by Gasteiger charge is -2.13. The van der Waals surface area contributed by atoms with Crippen molar-refractivity contribution in [3.8, 4) is 11.3 Å². The molecule has 0 aliphatic carbocycles. The Kier molecular flexibility index (Phi) is 4.49. The van der Waals surface area contributed by atoms with Crippen LogP contribution in [-0.2, 0) is 13.1 Å². The van der Waals surface area contributed by atoms with Crippen LogP contribution in [0.15, 0.2) is 41.2 Å². The lowest BCUT2D eigenvalue weighted by atomic mass is 10.1. The third-order valence-corrected chi connectivity index (χ3v) is 3.29. The molecule has 1 heterocycles. The molecule has 0 aliphatic rings. The number of non-ortho nitro benzene ring substituents is 1. The van der Waals surface area contributed by atoms with Gasteiger partial charge in [0.1, 0.15) is 0 Å². The average molecular weight is 287 g/mol. The van der Waals surface area contributed by atoms with Crippen molar-refractivity contribution in [3.63, 3.8) is 0 Å². The number of hydrogen-bond acceptors (Lipinski definition) is 4. The van der Waals surface area contributed by atoms with Gasteiger partial charge in [-0.25, -0.2) is 0 Å². The Labute approximate surface area is 122 Å². The summed E-state index contributed by atoms with van der Waals surface area (Å²) in [6.45, 7) is 2.88. The molecule has 0 aliphatic heterocycles. The highest BCUT2D eigenvalue weighted by molar-refractivity contribution is 5.63. The lowest BCUT2D eigenvalue weighted by Crippen LogP contribution is -2.26. The van der Waals surface area contributed by atoms with E-state index in [-0.39, 0.29) is 11.2 Å². The number of nitrogens with zero attached hydrogens (tertiary/aromatic N) is 2. The maximum atomic E-state index is 12.4. The third kappa shape index (κ3) is 3.00. The summed E-state index contributed by atoms with van der Waals surface area (Å²) in [7, 11) is 1.78. The Morgan fingerprint density at radius 1 is 1.29 bits per heavy atom. The molecule has 0 amide bonds. The molecule has 0 saturated carbocycles. The zero-order chi connectivity index (χ0) is 15.4. The summed E-state index contributed by atoms with van der Waals surface area (Å²) in [4.78, 5) is 22.8. The number of aromatic nitrogens is 1. The molecule has 1 aromatic carbocycles. The predicted molar refractivity (Wildman–Crippen MR) is 81.2 cm³/mol. The van der Waals surface area contributed by atoms with Crippen LogP contribution in [0, 0.1) is 10.1 Å². The number of nitrogens with one attached hydrogen (secondary N) is 1. The molecule has 110 valence electrons. The number of nitro benzene ring substituents is 1. The van der Waals surface area contributed by atoms with Crippen molar-refractivity contribution in [2.45, 2.75) is 20.0 Å². The first kappa shape index (κ1) is 14.9. The van der Waals surface area contributed by atoms with Crippen LogP contribution in [0.3, 0.4) is 0 Å². The Morgan fingerprint density at radius 2 is 2.05 bits per heavy atom. The molecule has 0 fully saturated rings. The van der Waals surface area contributed by atoms with Gasteiger partial charge in [-0.15, -0.1) is 0 Å². The average Bonchev–Trinajstić information content (AvgIpc) is 2.49. The van der Waals surface area contributed by atoms with Crippen molar-refractivity contribution in [3.05, 3.63) is 62.4 Å². The van der Waals surface area contributed by atoms with Gasteiger partial charge in [-0.05, 0) is 20.0 Å². The summed E-state index contributed by atoms with van der Waals surface area (Å²) in [6.07, 6.45) is 0. The highest BCUT2D eigenvalue weighted by Crippen LogP contribution is 2.23. The number of benzene rings is 1. The van der Waals surface area contributed by atoms with Crippen molar-refractivity contribution in [2.24, 2.45) is 0 Å². The van der Waals surface area contributed by atoms with Crippen LogP contribution in [0.2, 0.25) is 0 Å². The zero-order valence-electron chi connectivity index (χ0n) is 12.0. The molecule has 0 saturated heterocycles. The van der Waals surface area contributed by atoms with Gasteiger partial charge in [0.05, 0.1) is 10.6 Å². The fraction of sp³-hybridized carbons (Fsp3) is 0.267. The Balaban J connectivity index is 2.59. The maximum absolute atomic E-state index is 12.4. The van der Waals surface area contributed by atoms with E-state index in [4.69, 9.17) is 0 Å². The van der Waals surface area contributed by atoms with Crippen LogP contribution < -0.4 is 10.9 Å². The van der Waals surface area contributed by atoms with E-state index < -0.39 is 4.92 Å². The highest BCUT2D eigenvalue weighted by Gasteiger charge is 2.12. The van der Waals surface area contributed by atoms with Crippen LogP contribution in [0.4, 0.5) is 5.69 Å². The van der Waals surface area contributed by atoms with E-state index in [9.17, 15) is 14.9 Å². The van der Waals surface area contributed by atoms with E-state index in [1.165, 1.54) is 12.1 Å². The minimum absolute atomic E-state index is 0.0157. The summed E-state index contributed by atoms with van der Waals surface area (Å²) < 4.78 is 1.63. The molecule has 1 aromatic heterocycles. The van der Waals surface area contributed by atoms with Gasteiger partial charge >= 0.3 is 0 Å². The van der Waals surface area contributed by atoms with E-state index >= 15 is 0 Å². The normalized spacial score (nSPS) is 10.6. The van der Waals surface area contributed by atoms with Gasteiger partial charge in [0.15, 0.2) is 0 Å². The molecule has 0 atom stereocenters. The standard InChI is InChI=1S/C15H17N3O3/c1-3-17-14(8-7-12(10-16-2)15(17)19)11-5-4-6-13(9-11)18(20)21/h4-9,16H,3,10H2,1-2H3. The van der Waals surface area contributed by atoms with E-state index in [2.05, 4.69) is 5.32 Å². The first-order valence-corrected chi connectivity index (χ1v) is 6.70. The number of hydrogen-bond donors (Lipinski definition) is 1. The smallest absolute Gasteiger partial charge is 0.270 e. The summed E-state index contributed by atoms with van der Waals surface area (Å²) in [5.41, 5.74) is 1.97. The minimum atomic E-state index is -0.437. The summed E-state index contributed by atoms with van der Waals surface area (Å²) in [5.74, 6) is 0. The first-order chi connectivity index (χ1) is 10.1. The molecule has 21 heavy (non-hydrogen) atoms. The van der Waals surface area contributed by atoms with Gasteiger partial charge in [0.25, 0.3) is 11.2 Å². The SMILES string of the molecule is CCn1c(-c2cccc([N+](=O)[O-])c2)ccc(CNC)c1=O. The van der Waals surface area contributed by atoms with Crippen molar-refractivity contribution in [1.29, 1.82) is 0 Å². The molecule has 0 unspecified atom stereocenters. The molecule has 1 N–H and O–H groups in total. The fourth-order valence-corrected chi connectivity index (χ4v) is 2.29. The molecule has 6 heteroatoms. The van der Waals surface area contributed by atoms with E-state index in [1.54, 1.807) is 29.8 Å². The van der Waals surface area contributed by atoms with Crippen LogP contribution in [-0.4, -0.2) is 16.5 Å². The minimum Gasteiger partial charge on any atom is -0.315 e. The van der Waals surface area contributed by atoms with E-state index in [0.29, 0.717) is 29.9 Å². The predicted octanol–water partition coefficient (Wildman–Crippen LogP) is 2.16. The molecule has 2 rings (SSSR count). The molecular weight excluding hydrogens is 270 g/mol. The topological polar surface area (TPSA) is 77.2 Å². The molecule has 2 aromatic rings. The van der Waals surface area contributed by atoms with Crippen molar-refractivity contribution in [2.75, 3.05) is 7.05 Å². The van der Waals surface area contributed by atoms with E-state index in [0.717, 1.165) is 0 Å². The quantitative estimate of drug-likeness (QED) is 0.675. The van der Waals surface area contributed by atoms with Crippen molar-refractivity contribution in [1.82, 2.24) is 9.88 Å². The number of rotatable bonds is 5. The molecule has 0 spiro atoms. The van der Waals surface area contributed by atoms with Gasteiger partial charge < -0.3 is 9.88 Å². The first-order valence-electron chi connectivity index (χ1n) is 6.70. The monoisotopic (exact) mass is 287 g/mol. The van der Waals surface area contributed by atoms with Crippen LogP contribution in [0.5, 0.6) is 0 Å². The molecule has 0 bridgehead atoms. The van der Waals surface area contributed by atoms with Gasteiger partial charge in [-0.1, -0.05) is 18.2 Å². The van der Waals surface area contributed by atoms with Crippen molar-refractivity contribution < 1.29 is 4.92 Å². The Morgan fingerprint density at radius 3 is 2.67 bits per heavy atom. The molecule has 0 radical (unpaired) electrons. The summed E-state index contributed by atoms with van der Waals surface area (Å²) in [6, 6.07) is 9.91. The van der Waals surface area contributed by atoms with Gasteiger partial charge in [0, 0.05) is 36.3 Å². The summed E-state index contributed by atoms with van der Waals surface area (Å²) >= 11 is 0. The maximum Gasteiger partial charge on any atom is 0.270 e. The third-order valence-electron chi connectivity index (χ3n) is 3.29. The van der Waals surface area contributed by atoms with Crippen LogP contribution >= 0.6 is 0 Å². The van der Waals surface area contributed by atoms with Crippen LogP contribution in [0.25, 0.3) is 11.3 Å². The van der Waals surface area contributed by atoms with Crippen molar-refractivity contribution >= 4 is 5.69 Å². The second-order valence-corrected chi connectivity index (χ2v) is 4.63. The molecule has 6 nitrogen and oxygen atoms in total. The fourth-order valence-electron chi connectivity index (χ4n) is 2.29. The van der Waals surface area contributed by atoms with Gasteiger partial charge in [0.2, 0.25) is 0 Å². The second kappa shape index (κ2) is 6.32. The second-order valence-electron chi connectivity index (χ2n) is 4.63. The number of pyridine rings is 1. The number of nitro groups is 1. The Bertz CT molecular complexity index is 722. The van der Waals surface area contributed by atoms with Crippen LogP contribution in [0.1, 0.15) is 12.5 Å².